The number of nitrogens with one attached hydrogen (secondary N) is 1. The Kier molecular flexibility index (Phi) is 8.63. The molecule has 0 radical (unpaired) electrons. The van der Waals surface area contributed by atoms with Gasteiger partial charge in [0.2, 0.25) is 5.91 Å². The Bertz CT molecular complexity index is 1390. The molecule has 3 aromatic carbocycles. The molecule has 6 nitrogen and oxygen atoms in total. The predicted octanol–water partition coefficient (Wildman–Crippen LogP) is 5.65. The lowest BCUT2D eigenvalue weighted by atomic mass is 9.72. The van der Waals surface area contributed by atoms with Gasteiger partial charge in [-0.3, -0.25) is 4.79 Å². The lowest BCUT2D eigenvalue weighted by Crippen LogP contribution is -2.48. The van der Waals surface area contributed by atoms with E-state index >= 15 is 0 Å². The first kappa shape index (κ1) is 28.5. The van der Waals surface area contributed by atoms with Crippen LogP contribution in [0.2, 0.25) is 0 Å². The zero-order valence-electron chi connectivity index (χ0n) is 24.7. The van der Waals surface area contributed by atoms with Gasteiger partial charge in [-0.2, -0.15) is 0 Å². The van der Waals surface area contributed by atoms with Crippen LogP contribution in [0, 0.1) is 12.8 Å². The molecule has 1 amide bonds. The van der Waals surface area contributed by atoms with Crippen molar-refractivity contribution in [2.75, 3.05) is 44.6 Å². The monoisotopic (exact) mass is 565 g/mol. The second-order valence-corrected chi connectivity index (χ2v) is 12.3. The van der Waals surface area contributed by atoms with Crippen molar-refractivity contribution in [3.63, 3.8) is 0 Å². The molecule has 42 heavy (non-hydrogen) atoms. The fourth-order valence-corrected chi connectivity index (χ4v) is 7.10. The first-order chi connectivity index (χ1) is 20.5. The first-order valence-electron chi connectivity index (χ1n) is 15.5. The van der Waals surface area contributed by atoms with E-state index in [0.29, 0.717) is 19.7 Å². The van der Waals surface area contributed by atoms with Crippen LogP contribution in [-0.4, -0.2) is 66.2 Å². The summed E-state index contributed by atoms with van der Waals surface area (Å²) in [6, 6.07) is 24.5. The van der Waals surface area contributed by atoms with Crippen molar-refractivity contribution in [1.82, 2.24) is 9.80 Å². The molecule has 6 rings (SSSR count). The first-order valence-corrected chi connectivity index (χ1v) is 15.5. The van der Waals surface area contributed by atoms with Crippen molar-refractivity contribution in [2.45, 2.75) is 50.7 Å². The van der Waals surface area contributed by atoms with Gasteiger partial charge in [-0.15, -0.1) is 0 Å². The highest BCUT2D eigenvalue weighted by Gasteiger charge is 2.42. The molecule has 0 aromatic heterocycles. The smallest absolute Gasteiger partial charge is 0.246 e. The highest BCUT2D eigenvalue weighted by Crippen LogP contribution is 2.45. The maximum atomic E-state index is 12.9. The third-order valence-corrected chi connectivity index (χ3v) is 9.60. The summed E-state index contributed by atoms with van der Waals surface area (Å²) in [4.78, 5) is 17.3. The summed E-state index contributed by atoms with van der Waals surface area (Å²) in [5, 5.41) is 14.8. The molecule has 3 aliphatic heterocycles. The molecule has 220 valence electrons. The summed E-state index contributed by atoms with van der Waals surface area (Å²) < 4.78 is 5.93. The van der Waals surface area contributed by atoms with Gasteiger partial charge >= 0.3 is 0 Å². The van der Waals surface area contributed by atoms with Crippen LogP contribution in [-0.2, 0) is 16.8 Å². The van der Waals surface area contributed by atoms with Gasteiger partial charge in [0.1, 0.15) is 12.4 Å². The number of hydrogen-bond acceptors (Lipinski definition) is 5. The number of aliphatic hydroxyl groups excluding tert-OH is 1. The number of piperidine rings is 2. The lowest BCUT2D eigenvalue weighted by Gasteiger charge is -2.42. The highest BCUT2D eigenvalue weighted by molar-refractivity contribution is 5.91. The van der Waals surface area contributed by atoms with Crippen LogP contribution in [0.4, 0.5) is 5.69 Å². The Hall–Kier alpha value is -3.61. The van der Waals surface area contributed by atoms with E-state index in [1.54, 1.807) is 6.08 Å². The SMILES string of the molecule is Cc1cccc2c1C1(CCN(C[C@@H](O)C3CCN(C(=O)/C=C/c4cccc(OCc5ccccc5)c4)CC3)CC1)CN2. The Labute approximate surface area is 250 Å². The molecule has 3 heterocycles. The molecule has 2 saturated heterocycles. The number of β-amino-alcohol motifs (C(OH)–C–C–N with tert-alkyl or cyclic N) is 1. The molecule has 2 N–H and O–H groups in total. The standard InChI is InChI=1S/C36H43N3O3/c1-27-7-5-12-32-35(27)36(26-37-32)17-21-38(22-18-36)24-33(40)30-15-19-39(20-16-30)34(41)14-13-28-10-6-11-31(23-28)42-25-29-8-3-2-4-9-29/h2-14,23,30,33,37,40H,15-22,24-26H2,1H3/b14-13+/t33-/m1/s1. The number of aliphatic hydroxyl groups is 1. The Morgan fingerprint density at radius 2 is 1.79 bits per heavy atom. The summed E-state index contributed by atoms with van der Waals surface area (Å²) in [6.07, 6.45) is 7.13. The van der Waals surface area contributed by atoms with Crippen molar-refractivity contribution < 1.29 is 14.6 Å². The van der Waals surface area contributed by atoms with E-state index in [9.17, 15) is 9.90 Å². The van der Waals surface area contributed by atoms with E-state index in [4.69, 9.17) is 4.74 Å². The Morgan fingerprint density at radius 3 is 2.57 bits per heavy atom. The van der Waals surface area contributed by atoms with Gasteiger partial charge in [0.05, 0.1) is 6.10 Å². The fraction of sp³-hybridized carbons (Fsp3) is 0.417. The van der Waals surface area contributed by atoms with Gasteiger partial charge in [0.25, 0.3) is 0 Å². The molecule has 0 saturated carbocycles. The van der Waals surface area contributed by atoms with Gasteiger partial charge < -0.3 is 25.0 Å². The van der Waals surface area contributed by atoms with Crippen molar-refractivity contribution in [2.24, 2.45) is 5.92 Å². The second kappa shape index (κ2) is 12.7. The summed E-state index contributed by atoms with van der Waals surface area (Å²) in [6.45, 7) is 7.92. The summed E-state index contributed by atoms with van der Waals surface area (Å²) >= 11 is 0. The van der Waals surface area contributed by atoms with E-state index in [1.165, 1.54) is 16.8 Å². The van der Waals surface area contributed by atoms with Crippen molar-refractivity contribution in [1.29, 1.82) is 0 Å². The minimum absolute atomic E-state index is 0.0284. The average molecular weight is 566 g/mol. The number of hydrogen-bond donors (Lipinski definition) is 2. The van der Waals surface area contributed by atoms with E-state index in [-0.39, 0.29) is 23.3 Å². The molecule has 1 atom stereocenters. The number of rotatable bonds is 8. The largest absolute Gasteiger partial charge is 0.489 e. The molecule has 0 aliphatic carbocycles. The molecule has 3 aromatic rings. The maximum Gasteiger partial charge on any atom is 0.246 e. The van der Waals surface area contributed by atoms with Crippen molar-refractivity contribution in [3.8, 4) is 5.75 Å². The van der Waals surface area contributed by atoms with Gasteiger partial charge in [0.15, 0.2) is 0 Å². The minimum Gasteiger partial charge on any atom is -0.489 e. The van der Waals surface area contributed by atoms with Gasteiger partial charge in [-0.25, -0.2) is 0 Å². The number of amides is 1. The summed E-state index contributed by atoms with van der Waals surface area (Å²) in [5.41, 5.74) is 6.51. The summed E-state index contributed by atoms with van der Waals surface area (Å²) in [5.74, 6) is 1.05. The molecule has 1 spiro atoms. The fourth-order valence-electron chi connectivity index (χ4n) is 7.10. The molecule has 6 heteroatoms. The number of benzene rings is 3. The van der Waals surface area contributed by atoms with E-state index in [0.717, 1.165) is 68.7 Å². The Morgan fingerprint density at radius 1 is 1.02 bits per heavy atom. The zero-order chi connectivity index (χ0) is 28.9. The van der Waals surface area contributed by atoms with Crippen molar-refractivity contribution >= 4 is 17.7 Å². The van der Waals surface area contributed by atoms with Crippen LogP contribution in [0.3, 0.4) is 0 Å². The average Bonchev–Trinajstić information content (AvgIpc) is 3.39. The number of ether oxygens (including phenoxy) is 1. The van der Waals surface area contributed by atoms with E-state index in [2.05, 4.69) is 35.3 Å². The number of likely N-dealkylation sites (tertiary alicyclic amines) is 2. The van der Waals surface area contributed by atoms with Crippen LogP contribution >= 0.6 is 0 Å². The third-order valence-electron chi connectivity index (χ3n) is 9.60. The van der Waals surface area contributed by atoms with Crippen molar-refractivity contribution in [3.05, 3.63) is 101 Å². The van der Waals surface area contributed by atoms with Gasteiger partial charge in [0, 0.05) is 43.4 Å². The molecule has 0 bridgehead atoms. The number of nitrogens with zero attached hydrogens (tertiary/aromatic N) is 2. The third kappa shape index (κ3) is 6.40. The van der Waals surface area contributed by atoms with E-state index in [1.807, 2.05) is 65.6 Å². The van der Waals surface area contributed by atoms with Crippen LogP contribution in [0.25, 0.3) is 6.08 Å². The number of carbonyl (C=O) groups excluding carboxylic acids is 1. The number of carbonyl (C=O) groups is 1. The van der Waals surface area contributed by atoms with E-state index < -0.39 is 0 Å². The van der Waals surface area contributed by atoms with Gasteiger partial charge in [-0.1, -0.05) is 54.6 Å². The summed E-state index contributed by atoms with van der Waals surface area (Å²) in [7, 11) is 0. The topological polar surface area (TPSA) is 65.0 Å². The molecule has 3 aliphatic rings. The maximum absolute atomic E-state index is 12.9. The molecular weight excluding hydrogens is 522 g/mol. The molecular formula is C36H43N3O3. The number of fused-ring (bicyclic) bond motifs is 2. The predicted molar refractivity (Wildman–Crippen MR) is 169 cm³/mol. The van der Waals surface area contributed by atoms with Crippen LogP contribution in [0.5, 0.6) is 5.75 Å². The Balaban J connectivity index is 0.945. The molecule has 0 unspecified atom stereocenters. The highest BCUT2D eigenvalue weighted by atomic mass is 16.5. The minimum atomic E-state index is -0.346. The number of anilines is 1. The quantitative estimate of drug-likeness (QED) is 0.346. The van der Waals surface area contributed by atoms with Gasteiger partial charge in [-0.05, 0) is 98.1 Å². The molecule has 2 fully saturated rings. The zero-order valence-corrected chi connectivity index (χ0v) is 24.7. The van der Waals surface area contributed by atoms with Crippen LogP contribution in [0.1, 0.15) is 47.9 Å². The van der Waals surface area contributed by atoms with Crippen LogP contribution < -0.4 is 10.1 Å². The normalized spacial score (nSPS) is 19.5. The lowest BCUT2D eigenvalue weighted by molar-refractivity contribution is -0.128. The van der Waals surface area contributed by atoms with Crippen LogP contribution in [0.15, 0.2) is 78.9 Å². The second-order valence-electron chi connectivity index (χ2n) is 12.3. The number of aryl methyl sites for hydroxylation is 1.